The van der Waals surface area contributed by atoms with Gasteiger partial charge in [-0.15, -0.1) is 23.4 Å². The lowest BCUT2D eigenvalue weighted by molar-refractivity contribution is -0.119. The van der Waals surface area contributed by atoms with Crippen molar-refractivity contribution in [3.63, 3.8) is 0 Å². The summed E-state index contributed by atoms with van der Waals surface area (Å²) < 4.78 is 0. The van der Waals surface area contributed by atoms with E-state index in [2.05, 4.69) is 5.32 Å². The van der Waals surface area contributed by atoms with E-state index in [0.29, 0.717) is 5.88 Å². The van der Waals surface area contributed by atoms with Gasteiger partial charge < -0.3 is 5.32 Å². The van der Waals surface area contributed by atoms with Gasteiger partial charge in [-0.3, -0.25) is 4.79 Å². The van der Waals surface area contributed by atoms with Crippen LogP contribution < -0.4 is 5.32 Å². The van der Waals surface area contributed by atoms with Crippen LogP contribution in [-0.4, -0.2) is 29.8 Å². The van der Waals surface area contributed by atoms with Crippen LogP contribution in [0.5, 0.6) is 0 Å². The van der Waals surface area contributed by atoms with Crippen molar-refractivity contribution in [2.24, 2.45) is 0 Å². The summed E-state index contributed by atoms with van der Waals surface area (Å²) in [5.41, 5.74) is 0. The highest BCUT2D eigenvalue weighted by molar-refractivity contribution is 8.00. The average molecular weight is 182 g/mol. The first-order valence-corrected chi connectivity index (χ1v) is 4.70. The molecule has 0 aromatic heterocycles. The zero-order valence-corrected chi connectivity index (χ0v) is 7.76. The van der Waals surface area contributed by atoms with E-state index in [1.807, 2.05) is 6.92 Å². The van der Waals surface area contributed by atoms with Gasteiger partial charge >= 0.3 is 0 Å². The molecular weight excluding hydrogens is 170 g/mol. The minimum absolute atomic E-state index is 0.0174. The topological polar surface area (TPSA) is 29.1 Å². The van der Waals surface area contributed by atoms with Gasteiger partial charge in [-0.05, 0) is 6.92 Å². The number of alkyl halides is 1. The molecule has 0 aliphatic heterocycles. The van der Waals surface area contributed by atoms with Crippen molar-refractivity contribution in [1.82, 2.24) is 5.32 Å². The first-order valence-electron chi connectivity index (χ1n) is 3.11. The Morgan fingerprint density at radius 2 is 2.40 bits per heavy atom. The summed E-state index contributed by atoms with van der Waals surface area (Å²) in [4.78, 5) is 10.8. The van der Waals surface area contributed by atoms with E-state index in [4.69, 9.17) is 11.6 Å². The lowest BCUT2D eigenvalue weighted by atomic mass is 10.4. The van der Waals surface area contributed by atoms with Crippen molar-refractivity contribution in [1.29, 1.82) is 0 Å². The van der Waals surface area contributed by atoms with Crippen molar-refractivity contribution in [2.75, 3.05) is 18.7 Å². The Bertz CT molecular complexity index is 110. The molecule has 0 rings (SSSR count). The molecule has 0 saturated carbocycles. The third-order valence-corrected chi connectivity index (χ3v) is 2.63. The van der Waals surface area contributed by atoms with Crippen molar-refractivity contribution in [3.8, 4) is 0 Å². The van der Waals surface area contributed by atoms with Gasteiger partial charge in [0, 0.05) is 18.7 Å². The predicted octanol–water partition coefficient (Wildman–Crippen LogP) is 1.09. The fourth-order valence-corrected chi connectivity index (χ4v) is 1.48. The van der Waals surface area contributed by atoms with Crippen LogP contribution in [0.4, 0.5) is 0 Å². The summed E-state index contributed by atoms with van der Waals surface area (Å²) in [5, 5.41) is 2.59. The van der Waals surface area contributed by atoms with Crippen LogP contribution in [0.15, 0.2) is 0 Å². The monoisotopic (exact) mass is 181 g/mol. The highest BCUT2D eigenvalue weighted by atomic mass is 35.5. The van der Waals surface area contributed by atoms with Gasteiger partial charge in [-0.1, -0.05) is 0 Å². The van der Waals surface area contributed by atoms with Crippen LogP contribution in [0.2, 0.25) is 0 Å². The molecule has 1 amide bonds. The fraction of sp³-hybridized carbons (Fsp3) is 0.833. The Balaban J connectivity index is 3.41. The van der Waals surface area contributed by atoms with Crippen molar-refractivity contribution < 1.29 is 4.79 Å². The smallest absolute Gasteiger partial charge is 0.232 e. The Labute approximate surface area is 70.7 Å². The summed E-state index contributed by atoms with van der Waals surface area (Å²) in [6.45, 7) is 1.87. The van der Waals surface area contributed by atoms with E-state index < -0.39 is 0 Å². The van der Waals surface area contributed by atoms with Gasteiger partial charge in [0.25, 0.3) is 0 Å². The molecule has 4 heteroatoms. The van der Waals surface area contributed by atoms with Crippen LogP contribution in [-0.2, 0) is 4.79 Å². The van der Waals surface area contributed by atoms with Gasteiger partial charge in [-0.2, -0.15) is 0 Å². The summed E-state index contributed by atoms with van der Waals surface area (Å²) in [6, 6.07) is 0. The lowest BCUT2D eigenvalue weighted by Gasteiger charge is -2.06. The minimum Gasteiger partial charge on any atom is -0.358 e. The normalized spacial score (nSPS) is 12.7. The summed E-state index contributed by atoms with van der Waals surface area (Å²) >= 11 is 7.01. The third kappa shape index (κ3) is 4.01. The fourth-order valence-electron chi connectivity index (χ4n) is 0.500. The molecule has 0 aromatic rings. The van der Waals surface area contributed by atoms with E-state index in [1.54, 1.807) is 18.8 Å². The highest BCUT2D eigenvalue weighted by Crippen LogP contribution is 2.09. The zero-order chi connectivity index (χ0) is 7.98. The van der Waals surface area contributed by atoms with Crippen LogP contribution in [0, 0.1) is 0 Å². The number of hydrogen-bond donors (Lipinski definition) is 1. The maximum absolute atomic E-state index is 10.8. The summed E-state index contributed by atoms with van der Waals surface area (Å²) in [6.07, 6.45) is 0. The molecule has 0 aliphatic carbocycles. The van der Waals surface area contributed by atoms with Crippen molar-refractivity contribution >= 4 is 29.3 Å². The average Bonchev–Trinajstić information content (AvgIpc) is 1.98. The molecule has 1 N–H and O–H groups in total. The number of nitrogens with one attached hydrogen (secondary N) is 1. The lowest BCUT2D eigenvalue weighted by Crippen LogP contribution is -2.27. The summed E-state index contributed by atoms with van der Waals surface area (Å²) in [7, 11) is 1.64. The van der Waals surface area contributed by atoms with E-state index in [-0.39, 0.29) is 11.2 Å². The Hall–Kier alpha value is 0.110. The van der Waals surface area contributed by atoms with Crippen LogP contribution in [0.3, 0.4) is 0 Å². The maximum atomic E-state index is 10.8. The number of carbonyl (C=O) groups excluding carboxylic acids is 1. The standard InChI is InChI=1S/C6H12ClNOS/c1-5(6(9)8-2)10-4-3-7/h5H,3-4H2,1-2H3,(H,8,9)/t5-/m0/s1. The Morgan fingerprint density at radius 1 is 1.80 bits per heavy atom. The molecule has 0 radical (unpaired) electrons. The Kier molecular flexibility index (Phi) is 5.93. The van der Waals surface area contributed by atoms with E-state index in [1.165, 1.54) is 0 Å². The molecule has 0 aliphatic rings. The predicted molar refractivity (Wildman–Crippen MR) is 46.7 cm³/mol. The quantitative estimate of drug-likeness (QED) is 0.659. The largest absolute Gasteiger partial charge is 0.358 e. The van der Waals surface area contributed by atoms with Gasteiger partial charge in [-0.25, -0.2) is 0 Å². The summed E-state index contributed by atoms with van der Waals surface area (Å²) in [5.74, 6) is 1.50. The van der Waals surface area contributed by atoms with E-state index in [0.717, 1.165) is 5.75 Å². The zero-order valence-electron chi connectivity index (χ0n) is 6.19. The molecule has 0 bridgehead atoms. The van der Waals surface area contributed by atoms with Crippen LogP contribution in [0.1, 0.15) is 6.92 Å². The second-order valence-electron chi connectivity index (χ2n) is 1.82. The van der Waals surface area contributed by atoms with Crippen LogP contribution in [0.25, 0.3) is 0 Å². The van der Waals surface area contributed by atoms with Gasteiger partial charge in [0.15, 0.2) is 0 Å². The van der Waals surface area contributed by atoms with Gasteiger partial charge in [0.05, 0.1) is 5.25 Å². The number of halogens is 1. The molecule has 0 unspecified atom stereocenters. The number of carbonyl (C=O) groups is 1. The van der Waals surface area contributed by atoms with Gasteiger partial charge in [0.2, 0.25) is 5.91 Å². The first kappa shape index (κ1) is 10.1. The SMILES string of the molecule is CNC(=O)[C@H](C)SCCCl. The van der Waals surface area contributed by atoms with Crippen molar-refractivity contribution in [2.45, 2.75) is 12.2 Å². The second kappa shape index (κ2) is 5.86. The maximum Gasteiger partial charge on any atom is 0.232 e. The molecule has 0 spiro atoms. The van der Waals surface area contributed by atoms with E-state index >= 15 is 0 Å². The number of amides is 1. The van der Waals surface area contributed by atoms with E-state index in [9.17, 15) is 4.79 Å². The molecule has 2 nitrogen and oxygen atoms in total. The van der Waals surface area contributed by atoms with Gasteiger partial charge in [0.1, 0.15) is 0 Å². The Morgan fingerprint density at radius 3 is 2.80 bits per heavy atom. The number of rotatable bonds is 4. The molecule has 60 valence electrons. The third-order valence-electron chi connectivity index (χ3n) is 1.06. The molecule has 0 heterocycles. The molecule has 10 heavy (non-hydrogen) atoms. The molecule has 0 fully saturated rings. The van der Waals surface area contributed by atoms with Crippen LogP contribution >= 0.6 is 23.4 Å². The highest BCUT2D eigenvalue weighted by Gasteiger charge is 2.09. The molecular formula is C6H12ClNOS. The number of thioether (sulfide) groups is 1. The second-order valence-corrected chi connectivity index (χ2v) is 3.64. The number of hydrogen-bond acceptors (Lipinski definition) is 2. The molecule has 1 atom stereocenters. The molecule has 0 saturated heterocycles. The minimum atomic E-state index is 0.0174. The molecule has 0 aromatic carbocycles. The first-order chi connectivity index (χ1) is 4.72. The van der Waals surface area contributed by atoms with Crippen molar-refractivity contribution in [3.05, 3.63) is 0 Å².